The number of nitrogens with one attached hydrogen (secondary N) is 1. The van der Waals surface area contributed by atoms with Crippen LogP contribution in [0, 0.1) is 23.3 Å². The fourth-order valence-corrected chi connectivity index (χ4v) is 2.95. The van der Waals surface area contributed by atoms with Gasteiger partial charge in [0.1, 0.15) is 23.3 Å². The molecule has 0 aliphatic carbocycles. The smallest absolute Gasteiger partial charge is 0.207 e. The van der Waals surface area contributed by atoms with Crippen molar-refractivity contribution in [3.05, 3.63) is 70.8 Å². The van der Waals surface area contributed by atoms with Crippen molar-refractivity contribution < 1.29 is 39.2 Å². The van der Waals surface area contributed by atoms with Gasteiger partial charge in [-0.1, -0.05) is 0 Å². The van der Waals surface area contributed by atoms with Gasteiger partial charge in [-0.15, -0.1) is 0 Å². The van der Waals surface area contributed by atoms with Crippen LogP contribution in [-0.2, 0) is 16.4 Å². The third kappa shape index (κ3) is 4.94. The zero-order valence-electron chi connectivity index (χ0n) is 12.6. The molecule has 0 aliphatic rings. The van der Waals surface area contributed by atoms with Gasteiger partial charge in [-0.25, -0.2) is 26.0 Å². The number of rotatable bonds is 5. The topological polar surface area (TPSA) is 46.2 Å². The Kier molecular flexibility index (Phi) is 5.61. The fraction of sp³-hybridized carbons (Fsp3) is 0.200. The van der Waals surface area contributed by atoms with Gasteiger partial charge in [-0.2, -0.15) is 17.9 Å². The lowest BCUT2D eigenvalue weighted by Crippen LogP contribution is -2.39. The summed E-state index contributed by atoms with van der Waals surface area (Å²) in [6.45, 7) is 0. The van der Waals surface area contributed by atoms with E-state index in [4.69, 9.17) is 0 Å². The Morgan fingerprint density at radius 2 is 1.23 bits per heavy atom. The second-order valence-electron chi connectivity index (χ2n) is 5.30. The van der Waals surface area contributed by atoms with E-state index in [1.54, 1.807) is 0 Å². The third-order valence-electron chi connectivity index (χ3n) is 3.25. The molecule has 1 N–H and O–H groups in total. The van der Waals surface area contributed by atoms with E-state index in [0.29, 0.717) is 24.3 Å². The molecule has 0 unspecified atom stereocenters. The summed E-state index contributed by atoms with van der Waals surface area (Å²) in [4.78, 5) is 0. The van der Waals surface area contributed by atoms with Gasteiger partial charge in [0.25, 0.3) is 0 Å². The third-order valence-corrected chi connectivity index (χ3v) is 4.46. The van der Waals surface area contributed by atoms with Crippen molar-refractivity contribution in [2.45, 2.75) is 18.0 Å². The summed E-state index contributed by atoms with van der Waals surface area (Å²) in [7, 11) is -5.89. The van der Waals surface area contributed by atoms with Gasteiger partial charge in [0, 0.05) is 12.1 Å². The van der Waals surface area contributed by atoms with Crippen molar-refractivity contribution in [2.75, 3.05) is 0 Å². The van der Waals surface area contributed by atoms with Gasteiger partial charge in [0.05, 0.1) is 6.04 Å². The van der Waals surface area contributed by atoms with E-state index in [2.05, 4.69) is 0 Å². The summed E-state index contributed by atoms with van der Waals surface area (Å²) in [5, 5.41) is 0. The van der Waals surface area contributed by atoms with E-state index in [1.165, 1.54) is 4.72 Å². The number of benzene rings is 2. The fourth-order valence-electron chi connectivity index (χ4n) is 2.22. The molecule has 0 aliphatic heterocycles. The Bertz CT molecular complexity index is 872. The van der Waals surface area contributed by atoms with Gasteiger partial charge >= 0.3 is 15.5 Å². The molecule has 0 amide bonds. The van der Waals surface area contributed by atoms with Crippen LogP contribution in [-0.4, -0.2) is 13.9 Å². The maximum Gasteiger partial charge on any atom is 0.511 e. The van der Waals surface area contributed by atoms with Gasteiger partial charge in [0.15, 0.2) is 0 Å². The van der Waals surface area contributed by atoms with Crippen molar-refractivity contribution in [3.63, 3.8) is 0 Å². The van der Waals surface area contributed by atoms with E-state index in [1.807, 2.05) is 0 Å². The highest BCUT2D eigenvalue weighted by Gasteiger charge is 2.47. The first kappa shape index (κ1) is 20.2. The summed E-state index contributed by atoms with van der Waals surface area (Å²) in [5.74, 6) is -4.44. The average Bonchev–Trinajstić information content (AvgIpc) is 2.42. The molecule has 142 valence electrons. The molecule has 0 bridgehead atoms. The zero-order valence-corrected chi connectivity index (χ0v) is 13.4. The van der Waals surface area contributed by atoms with E-state index >= 15 is 0 Å². The van der Waals surface area contributed by atoms with Crippen LogP contribution in [0.5, 0.6) is 0 Å². The van der Waals surface area contributed by atoms with Gasteiger partial charge in [-0.05, 0) is 41.8 Å². The monoisotopic (exact) mass is 401 g/mol. The maximum absolute atomic E-state index is 13.4. The summed E-state index contributed by atoms with van der Waals surface area (Å²) in [5.41, 5.74) is -6.40. The number of hydrogen-bond acceptors (Lipinski definition) is 2. The summed E-state index contributed by atoms with van der Waals surface area (Å²) in [6.07, 6.45) is -0.688. The molecule has 0 heterocycles. The second-order valence-corrected chi connectivity index (χ2v) is 7.01. The molecule has 2 rings (SSSR count). The van der Waals surface area contributed by atoms with Crippen LogP contribution in [0.2, 0.25) is 0 Å². The summed E-state index contributed by atoms with van der Waals surface area (Å²) < 4.78 is 115. The second kappa shape index (κ2) is 7.23. The van der Waals surface area contributed by atoms with Gasteiger partial charge < -0.3 is 0 Å². The van der Waals surface area contributed by atoms with Crippen LogP contribution in [0.1, 0.15) is 17.2 Å². The van der Waals surface area contributed by atoms with Crippen LogP contribution in [0.3, 0.4) is 0 Å². The van der Waals surface area contributed by atoms with Crippen LogP contribution in [0.25, 0.3) is 0 Å². The molecule has 2 aromatic rings. The van der Waals surface area contributed by atoms with Crippen molar-refractivity contribution in [3.8, 4) is 0 Å². The zero-order chi connectivity index (χ0) is 19.7. The molecule has 0 saturated heterocycles. The largest absolute Gasteiger partial charge is 0.511 e. The standard InChI is InChI=1S/C15H10F7NO2S/c16-10-1-8(2-11(17)6-10)3-14(23-26(24,25)15(20,21)22)9-4-12(18)7-13(19)5-9/h1-2,4-7,14,23H,3H2/t14-/m1/s1. The summed E-state index contributed by atoms with van der Waals surface area (Å²) >= 11 is 0. The normalized spacial score (nSPS) is 13.7. The molecule has 0 saturated carbocycles. The average molecular weight is 401 g/mol. The minimum atomic E-state index is -5.89. The molecule has 2 aromatic carbocycles. The quantitative estimate of drug-likeness (QED) is 0.771. The number of sulfonamides is 1. The van der Waals surface area contributed by atoms with Crippen molar-refractivity contribution >= 4 is 10.0 Å². The molecular formula is C15H10F7NO2S. The molecule has 0 spiro atoms. The SMILES string of the molecule is O=S(=O)(N[C@H](Cc1cc(F)cc(F)c1)c1cc(F)cc(F)c1)C(F)(F)F. The highest BCUT2D eigenvalue weighted by Crippen LogP contribution is 2.28. The Morgan fingerprint density at radius 3 is 1.65 bits per heavy atom. The maximum atomic E-state index is 13.4. The van der Waals surface area contributed by atoms with Crippen molar-refractivity contribution in [2.24, 2.45) is 0 Å². The van der Waals surface area contributed by atoms with Gasteiger partial charge in [0.2, 0.25) is 0 Å². The molecule has 0 radical (unpaired) electrons. The molecular weight excluding hydrogens is 391 g/mol. The Balaban J connectivity index is 2.47. The minimum absolute atomic E-state index is 0.220. The Morgan fingerprint density at radius 1 is 0.808 bits per heavy atom. The predicted octanol–water partition coefficient (Wildman–Crippen LogP) is 3.97. The number of halogens is 7. The first-order valence-corrected chi connectivity index (χ1v) is 8.35. The Labute approximate surface area is 143 Å². The van der Waals surface area contributed by atoms with Crippen molar-refractivity contribution in [1.82, 2.24) is 4.72 Å². The molecule has 0 fully saturated rings. The number of alkyl halides is 3. The first-order chi connectivity index (χ1) is 11.9. The molecule has 11 heteroatoms. The van der Waals surface area contributed by atoms with Gasteiger partial charge in [-0.3, -0.25) is 0 Å². The lowest BCUT2D eigenvalue weighted by atomic mass is 9.99. The molecule has 0 aromatic heterocycles. The first-order valence-electron chi connectivity index (χ1n) is 6.87. The molecule has 26 heavy (non-hydrogen) atoms. The van der Waals surface area contributed by atoms with Crippen LogP contribution < -0.4 is 4.72 Å². The van der Waals surface area contributed by atoms with Crippen LogP contribution >= 0.6 is 0 Å². The highest BCUT2D eigenvalue weighted by atomic mass is 32.2. The number of hydrogen-bond donors (Lipinski definition) is 1. The lowest BCUT2D eigenvalue weighted by Gasteiger charge is -2.20. The van der Waals surface area contributed by atoms with Crippen molar-refractivity contribution in [1.29, 1.82) is 0 Å². The molecule has 1 atom stereocenters. The van der Waals surface area contributed by atoms with E-state index in [9.17, 15) is 39.2 Å². The van der Waals surface area contributed by atoms with E-state index in [-0.39, 0.29) is 5.56 Å². The van der Waals surface area contributed by atoms with E-state index in [0.717, 1.165) is 12.1 Å². The lowest BCUT2D eigenvalue weighted by molar-refractivity contribution is -0.0451. The van der Waals surface area contributed by atoms with Crippen LogP contribution in [0.15, 0.2) is 36.4 Å². The van der Waals surface area contributed by atoms with Crippen LogP contribution in [0.4, 0.5) is 30.7 Å². The Hall–Kier alpha value is -2.14. The highest BCUT2D eigenvalue weighted by molar-refractivity contribution is 7.90. The predicted molar refractivity (Wildman–Crippen MR) is 77.3 cm³/mol. The minimum Gasteiger partial charge on any atom is -0.207 e. The van der Waals surface area contributed by atoms with E-state index < -0.39 is 56.8 Å². The summed E-state index contributed by atoms with van der Waals surface area (Å²) in [6, 6.07) is 1.85. The molecule has 3 nitrogen and oxygen atoms in total.